The minimum atomic E-state index is -0.534. The molecule has 0 radical (unpaired) electrons. The van der Waals surface area contributed by atoms with Gasteiger partial charge in [-0.2, -0.15) is 0 Å². The van der Waals surface area contributed by atoms with Crippen LogP contribution in [0.2, 0.25) is 5.02 Å². The SMILES string of the molecule is NCC#Cc1csc(COc2ccc([N+](=O)[O-])c(Cl)c2)c1. The Morgan fingerprint density at radius 1 is 1.43 bits per heavy atom. The lowest BCUT2D eigenvalue weighted by Gasteiger charge is -2.04. The number of nitro benzene ring substituents is 1. The van der Waals surface area contributed by atoms with E-state index in [1.807, 2.05) is 11.4 Å². The molecule has 5 nitrogen and oxygen atoms in total. The van der Waals surface area contributed by atoms with Crippen LogP contribution in [0, 0.1) is 22.0 Å². The second-order valence-electron chi connectivity index (χ2n) is 3.97. The van der Waals surface area contributed by atoms with Crippen LogP contribution >= 0.6 is 22.9 Å². The van der Waals surface area contributed by atoms with Crippen LogP contribution in [0.3, 0.4) is 0 Å². The molecule has 0 spiro atoms. The van der Waals surface area contributed by atoms with E-state index in [4.69, 9.17) is 22.1 Å². The summed E-state index contributed by atoms with van der Waals surface area (Å²) in [5.74, 6) is 6.19. The number of halogens is 1. The highest BCUT2D eigenvalue weighted by atomic mass is 35.5. The van der Waals surface area contributed by atoms with E-state index in [0.717, 1.165) is 10.4 Å². The molecule has 0 amide bonds. The minimum Gasteiger partial charge on any atom is -0.488 e. The molecule has 0 unspecified atom stereocenters. The maximum Gasteiger partial charge on any atom is 0.288 e. The van der Waals surface area contributed by atoms with E-state index in [9.17, 15) is 10.1 Å². The van der Waals surface area contributed by atoms with Gasteiger partial charge in [0, 0.05) is 28.0 Å². The Kier molecular flexibility index (Phi) is 5.17. The number of hydrogen-bond acceptors (Lipinski definition) is 5. The predicted molar refractivity (Wildman–Crippen MR) is 82.7 cm³/mol. The normalized spacial score (nSPS) is 9.81. The lowest BCUT2D eigenvalue weighted by molar-refractivity contribution is -0.384. The van der Waals surface area contributed by atoms with Crippen molar-refractivity contribution >= 4 is 28.6 Å². The van der Waals surface area contributed by atoms with E-state index < -0.39 is 4.92 Å². The van der Waals surface area contributed by atoms with Gasteiger partial charge in [-0.05, 0) is 12.1 Å². The van der Waals surface area contributed by atoms with Gasteiger partial charge in [-0.15, -0.1) is 11.3 Å². The predicted octanol–water partition coefficient (Wildman–Crippen LogP) is 3.20. The van der Waals surface area contributed by atoms with Gasteiger partial charge < -0.3 is 10.5 Å². The van der Waals surface area contributed by atoms with Crippen molar-refractivity contribution in [2.24, 2.45) is 5.73 Å². The number of rotatable bonds is 4. The summed E-state index contributed by atoms with van der Waals surface area (Å²) < 4.78 is 5.56. The quantitative estimate of drug-likeness (QED) is 0.532. The molecule has 0 bridgehead atoms. The second-order valence-corrected chi connectivity index (χ2v) is 5.37. The van der Waals surface area contributed by atoms with Crippen molar-refractivity contribution in [3.63, 3.8) is 0 Å². The zero-order chi connectivity index (χ0) is 15.2. The third kappa shape index (κ3) is 4.20. The molecule has 0 saturated heterocycles. The summed E-state index contributed by atoms with van der Waals surface area (Å²) in [7, 11) is 0. The van der Waals surface area contributed by atoms with Crippen LogP contribution in [-0.4, -0.2) is 11.5 Å². The summed E-state index contributed by atoms with van der Waals surface area (Å²) in [5, 5.41) is 12.6. The second kappa shape index (κ2) is 7.09. The average molecular weight is 323 g/mol. The summed E-state index contributed by atoms with van der Waals surface area (Å²) in [4.78, 5) is 11.1. The van der Waals surface area contributed by atoms with Crippen molar-refractivity contribution in [2.75, 3.05) is 6.54 Å². The van der Waals surface area contributed by atoms with Crippen LogP contribution in [-0.2, 0) is 6.61 Å². The zero-order valence-electron chi connectivity index (χ0n) is 10.8. The number of ether oxygens (including phenoxy) is 1. The first-order chi connectivity index (χ1) is 10.1. The van der Waals surface area contributed by atoms with Crippen molar-refractivity contribution in [3.05, 3.63) is 55.2 Å². The number of benzene rings is 1. The van der Waals surface area contributed by atoms with Crippen molar-refractivity contribution in [3.8, 4) is 17.6 Å². The van der Waals surface area contributed by atoms with Gasteiger partial charge in [0.2, 0.25) is 0 Å². The monoisotopic (exact) mass is 322 g/mol. The number of thiophene rings is 1. The van der Waals surface area contributed by atoms with Gasteiger partial charge in [-0.1, -0.05) is 23.4 Å². The average Bonchev–Trinajstić information content (AvgIpc) is 2.90. The molecule has 1 heterocycles. The largest absolute Gasteiger partial charge is 0.488 e. The molecule has 7 heteroatoms. The van der Waals surface area contributed by atoms with E-state index in [2.05, 4.69) is 11.8 Å². The molecule has 1 aromatic carbocycles. The van der Waals surface area contributed by atoms with Gasteiger partial charge in [-0.3, -0.25) is 10.1 Å². The van der Waals surface area contributed by atoms with Crippen LogP contribution in [0.5, 0.6) is 5.75 Å². The van der Waals surface area contributed by atoms with Gasteiger partial charge in [0.15, 0.2) is 0 Å². The van der Waals surface area contributed by atoms with E-state index in [1.165, 1.54) is 29.5 Å². The fourth-order valence-corrected chi connectivity index (χ4v) is 2.52. The Morgan fingerprint density at radius 3 is 2.90 bits per heavy atom. The van der Waals surface area contributed by atoms with Crippen molar-refractivity contribution in [1.82, 2.24) is 0 Å². The van der Waals surface area contributed by atoms with Gasteiger partial charge in [-0.25, -0.2) is 0 Å². The zero-order valence-corrected chi connectivity index (χ0v) is 12.4. The third-order valence-corrected chi connectivity index (χ3v) is 3.70. The molecule has 0 saturated carbocycles. The molecular formula is C14H11ClN2O3S. The van der Waals surface area contributed by atoms with Gasteiger partial charge >= 0.3 is 0 Å². The topological polar surface area (TPSA) is 78.4 Å². The van der Waals surface area contributed by atoms with E-state index in [0.29, 0.717) is 18.9 Å². The molecule has 0 fully saturated rings. The van der Waals surface area contributed by atoms with Crippen LogP contribution in [0.1, 0.15) is 10.4 Å². The highest BCUT2D eigenvalue weighted by molar-refractivity contribution is 7.10. The fraction of sp³-hybridized carbons (Fsp3) is 0.143. The third-order valence-electron chi connectivity index (χ3n) is 2.49. The summed E-state index contributed by atoms with van der Waals surface area (Å²) in [5.41, 5.74) is 6.06. The molecule has 0 aliphatic heterocycles. The molecule has 108 valence electrons. The fourth-order valence-electron chi connectivity index (χ4n) is 1.55. The first kappa shape index (κ1) is 15.3. The molecule has 0 aliphatic carbocycles. The Morgan fingerprint density at radius 2 is 2.24 bits per heavy atom. The highest BCUT2D eigenvalue weighted by Gasteiger charge is 2.12. The molecule has 0 aliphatic rings. The Hall–Kier alpha value is -2.07. The molecular weight excluding hydrogens is 312 g/mol. The molecule has 0 atom stereocenters. The van der Waals surface area contributed by atoms with Crippen LogP contribution in [0.4, 0.5) is 5.69 Å². The van der Waals surface area contributed by atoms with Gasteiger partial charge in [0.1, 0.15) is 17.4 Å². The molecule has 2 aromatic rings. The maximum absolute atomic E-state index is 10.7. The first-order valence-electron chi connectivity index (χ1n) is 5.93. The smallest absolute Gasteiger partial charge is 0.288 e. The van der Waals surface area contributed by atoms with Crippen molar-refractivity contribution in [1.29, 1.82) is 0 Å². The van der Waals surface area contributed by atoms with E-state index in [-0.39, 0.29) is 10.7 Å². The Balaban J connectivity index is 2.01. The minimum absolute atomic E-state index is 0.0539. The number of nitrogens with two attached hydrogens (primary N) is 1. The maximum atomic E-state index is 10.7. The first-order valence-corrected chi connectivity index (χ1v) is 7.19. The summed E-state index contributed by atoms with van der Waals surface area (Å²) >= 11 is 7.34. The molecule has 21 heavy (non-hydrogen) atoms. The summed E-state index contributed by atoms with van der Waals surface area (Å²) in [6.07, 6.45) is 0. The van der Waals surface area contributed by atoms with Crippen LogP contribution < -0.4 is 10.5 Å². The lowest BCUT2D eigenvalue weighted by atomic mass is 10.3. The van der Waals surface area contributed by atoms with Crippen LogP contribution in [0.15, 0.2) is 29.6 Å². The van der Waals surface area contributed by atoms with Crippen molar-refractivity contribution < 1.29 is 9.66 Å². The Bertz CT molecular complexity index is 718. The number of nitrogens with zero attached hydrogens (tertiary/aromatic N) is 1. The molecule has 2 rings (SSSR count). The van der Waals surface area contributed by atoms with E-state index in [1.54, 1.807) is 0 Å². The number of hydrogen-bond donors (Lipinski definition) is 1. The summed E-state index contributed by atoms with van der Waals surface area (Å²) in [6.45, 7) is 0.673. The van der Waals surface area contributed by atoms with Crippen molar-refractivity contribution in [2.45, 2.75) is 6.61 Å². The standard InChI is InChI=1S/C14H11ClN2O3S/c15-13-7-11(3-4-14(13)17(18)19)20-8-12-6-10(9-21-12)2-1-5-16/h3-4,6-7,9H,5,8,16H2. The van der Waals surface area contributed by atoms with Gasteiger partial charge in [0.05, 0.1) is 11.5 Å². The van der Waals surface area contributed by atoms with E-state index >= 15 is 0 Å². The van der Waals surface area contributed by atoms with Gasteiger partial charge in [0.25, 0.3) is 5.69 Å². The summed E-state index contributed by atoms with van der Waals surface area (Å²) in [6, 6.07) is 6.19. The van der Waals surface area contributed by atoms with Crippen LogP contribution in [0.25, 0.3) is 0 Å². The highest BCUT2D eigenvalue weighted by Crippen LogP contribution is 2.29. The molecule has 1 aromatic heterocycles. The Labute approximate surface area is 130 Å². The lowest BCUT2D eigenvalue weighted by Crippen LogP contribution is -1.94. The molecule has 2 N–H and O–H groups in total. The number of nitro groups is 1.